The Bertz CT molecular complexity index is 658. The Morgan fingerprint density at radius 1 is 1.08 bits per heavy atom. The molecular weight excluding hydrogens is 296 g/mol. The highest BCUT2D eigenvalue weighted by Crippen LogP contribution is 2.26. The van der Waals surface area contributed by atoms with Crippen molar-refractivity contribution in [1.29, 1.82) is 0 Å². The van der Waals surface area contributed by atoms with Gasteiger partial charge in [0.2, 0.25) is 5.91 Å². The minimum Gasteiger partial charge on any atom is -0.354 e. The van der Waals surface area contributed by atoms with Crippen LogP contribution in [0.25, 0.3) is 11.1 Å². The third kappa shape index (κ3) is 3.68. The molecule has 24 heavy (non-hydrogen) atoms. The van der Waals surface area contributed by atoms with E-state index in [-0.39, 0.29) is 5.91 Å². The smallest absolute Gasteiger partial charge is 0.240 e. The van der Waals surface area contributed by atoms with Crippen LogP contribution in [-0.2, 0) is 11.2 Å². The summed E-state index contributed by atoms with van der Waals surface area (Å²) in [5, 5.41) is 6.53. The van der Waals surface area contributed by atoms with Crippen LogP contribution >= 0.6 is 0 Å². The maximum absolute atomic E-state index is 12.6. The van der Waals surface area contributed by atoms with Crippen molar-refractivity contribution in [2.75, 3.05) is 13.1 Å². The summed E-state index contributed by atoms with van der Waals surface area (Å²) in [6.07, 6.45) is 3.68. The molecule has 3 rings (SSSR count). The first-order chi connectivity index (χ1) is 11.7. The van der Waals surface area contributed by atoms with Crippen LogP contribution in [0.15, 0.2) is 54.6 Å². The first-order valence-corrected chi connectivity index (χ1v) is 8.91. The summed E-state index contributed by atoms with van der Waals surface area (Å²) in [6.45, 7) is 3.74. The van der Waals surface area contributed by atoms with Gasteiger partial charge in [-0.2, -0.15) is 0 Å². The van der Waals surface area contributed by atoms with Crippen LogP contribution in [0.3, 0.4) is 0 Å². The molecule has 3 heteroatoms. The number of benzene rings is 2. The van der Waals surface area contributed by atoms with Crippen molar-refractivity contribution in [1.82, 2.24) is 10.6 Å². The molecule has 1 amide bonds. The molecule has 0 radical (unpaired) electrons. The molecule has 2 N–H and O–H groups in total. The number of carbonyl (C=O) groups excluding carboxylic acids is 1. The van der Waals surface area contributed by atoms with Crippen molar-refractivity contribution in [3.05, 3.63) is 60.2 Å². The molecule has 3 nitrogen and oxygen atoms in total. The van der Waals surface area contributed by atoms with Crippen LogP contribution in [0, 0.1) is 0 Å². The summed E-state index contributed by atoms with van der Waals surface area (Å²) < 4.78 is 0. The largest absolute Gasteiger partial charge is 0.354 e. The highest BCUT2D eigenvalue weighted by atomic mass is 16.2. The lowest BCUT2D eigenvalue weighted by atomic mass is 9.87. The first-order valence-electron chi connectivity index (χ1n) is 8.91. The van der Waals surface area contributed by atoms with Gasteiger partial charge in [-0.25, -0.2) is 0 Å². The fourth-order valence-corrected chi connectivity index (χ4v) is 3.43. The molecule has 0 bridgehead atoms. The Labute approximate surface area is 144 Å². The number of hydrogen-bond acceptors (Lipinski definition) is 2. The zero-order chi connectivity index (χ0) is 16.8. The van der Waals surface area contributed by atoms with E-state index in [2.05, 4.69) is 66.1 Å². The Morgan fingerprint density at radius 3 is 2.42 bits per heavy atom. The fourth-order valence-electron chi connectivity index (χ4n) is 3.43. The predicted molar refractivity (Wildman–Crippen MR) is 98.9 cm³/mol. The van der Waals surface area contributed by atoms with Gasteiger partial charge in [-0.15, -0.1) is 0 Å². The lowest BCUT2D eigenvalue weighted by molar-refractivity contribution is -0.127. The fraction of sp³-hybridized carbons (Fsp3) is 0.381. The van der Waals surface area contributed by atoms with Gasteiger partial charge in [0.05, 0.1) is 0 Å². The van der Waals surface area contributed by atoms with Gasteiger partial charge in [0, 0.05) is 6.54 Å². The molecule has 1 atom stereocenters. The molecule has 1 aliphatic heterocycles. The van der Waals surface area contributed by atoms with Gasteiger partial charge in [-0.3, -0.25) is 4.79 Å². The van der Waals surface area contributed by atoms with Crippen LogP contribution in [0.2, 0.25) is 0 Å². The van der Waals surface area contributed by atoms with E-state index in [1.165, 1.54) is 16.7 Å². The number of carbonyl (C=O) groups is 1. The molecule has 0 spiro atoms. The summed E-state index contributed by atoms with van der Waals surface area (Å²) in [7, 11) is 0. The average Bonchev–Trinajstić information content (AvgIpc) is 3.11. The molecule has 0 aromatic heterocycles. The lowest BCUT2D eigenvalue weighted by Crippen LogP contribution is -2.55. The molecule has 1 aliphatic rings. The van der Waals surface area contributed by atoms with Gasteiger partial charge >= 0.3 is 0 Å². The Kier molecular flexibility index (Phi) is 5.31. The van der Waals surface area contributed by atoms with E-state index in [1.54, 1.807) is 0 Å². The molecule has 126 valence electrons. The van der Waals surface area contributed by atoms with E-state index >= 15 is 0 Å². The Hall–Kier alpha value is -2.13. The highest BCUT2D eigenvalue weighted by molar-refractivity contribution is 5.87. The molecule has 2 aromatic carbocycles. The maximum Gasteiger partial charge on any atom is 0.240 e. The van der Waals surface area contributed by atoms with Crippen molar-refractivity contribution < 1.29 is 4.79 Å². The molecule has 1 heterocycles. The standard InChI is InChI=1S/C21H26N2O/c1-2-14-22-20(24)21(13-6-15-23-21)16-17-9-11-19(12-10-17)18-7-4-3-5-8-18/h3-5,7-12,23H,2,6,13-16H2,1H3,(H,22,24). The molecule has 0 saturated carbocycles. The zero-order valence-corrected chi connectivity index (χ0v) is 14.3. The number of nitrogens with one attached hydrogen (secondary N) is 2. The second kappa shape index (κ2) is 7.63. The summed E-state index contributed by atoms with van der Waals surface area (Å²) in [4.78, 5) is 12.6. The minimum absolute atomic E-state index is 0.147. The maximum atomic E-state index is 12.6. The normalized spacial score (nSPS) is 20.0. The van der Waals surface area contributed by atoms with Gasteiger partial charge < -0.3 is 10.6 Å². The number of rotatable bonds is 6. The zero-order valence-electron chi connectivity index (χ0n) is 14.3. The van der Waals surface area contributed by atoms with E-state index in [0.717, 1.165) is 38.8 Å². The summed E-state index contributed by atoms with van der Waals surface area (Å²) in [5.74, 6) is 0.147. The summed E-state index contributed by atoms with van der Waals surface area (Å²) >= 11 is 0. The second-order valence-corrected chi connectivity index (χ2v) is 6.61. The van der Waals surface area contributed by atoms with Crippen molar-refractivity contribution in [3.63, 3.8) is 0 Å². The molecule has 1 unspecified atom stereocenters. The topological polar surface area (TPSA) is 41.1 Å². The van der Waals surface area contributed by atoms with Crippen LogP contribution in [-0.4, -0.2) is 24.5 Å². The number of hydrogen-bond donors (Lipinski definition) is 2. The Morgan fingerprint density at radius 2 is 1.79 bits per heavy atom. The van der Waals surface area contributed by atoms with Gasteiger partial charge in [0.15, 0.2) is 0 Å². The monoisotopic (exact) mass is 322 g/mol. The lowest BCUT2D eigenvalue weighted by Gasteiger charge is -2.28. The van der Waals surface area contributed by atoms with Crippen molar-refractivity contribution in [2.24, 2.45) is 0 Å². The quantitative estimate of drug-likeness (QED) is 0.854. The average molecular weight is 322 g/mol. The predicted octanol–water partition coefficient (Wildman–Crippen LogP) is 3.54. The van der Waals surface area contributed by atoms with Gasteiger partial charge in [-0.05, 0) is 48.9 Å². The summed E-state index contributed by atoms with van der Waals surface area (Å²) in [6, 6.07) is 19.0. The van der Waals surface area contributed by atoms with E-state index in [9.17, 15) is 4.79 Å². The third-order valence-electron chi connectivity index (χ3n) is 4.78. The van der Waals surface area contributed by atoms with E-state index in [0.29, 0.717) is 0 Å². The van der Waals surface area contributed by atoms with Crippen LogP contribution in [0.4, 0.5) is 0 Å². The first kappa shape index (κ1) is 16.7. The molecule has 0 aliphatic carbocycles. The van der Waals surface area contributed by atoms with Crippen molar-refractivity contribution in [3.8, 4) is 11.1 Å². The van der Waals surface area contributed by atoms with Gasteiger partial charge in [0.1, 0.15) is 5.54 Å². The van der Waals surface area contributed by atoms with Crippen LogP contribution < -0.4 is 10.6 Å². The molecule has 2 aromatic rings. The van der Waals surface area contributed by atoms with Crippen LogP contribution in [0.1, 0.15) is 31.7 Å². The highest BCUT2D eigenvalue weighted by Gasteiger charge is 2.40. The molecule has 1 fully saturated rings. The van der Waals surface area contributed by atoms with E-state index < -0.39 is 5.54 Å². The molecule has 1 saturated heterocycles. The SMILES string of the molecule is CCCNC(=O)C1(Cc2ccc(-c3ccccc3)cc2)CCCN1. The van der Waals surface area contributed by atoms with E-state index in [4.69, 9.17) is 0 Å². The van der Waals surface area contributed by atoms with E-state index in [1.807, 2.05) is 6.07 Å². The second-order valence-electron chi connectivity index (χ2n) is 6.61. The summed E-state index contributed by atoms with van der Waals surface area (Å²) in [5.41, 5.74) is 3.20. The number of amides is 1. The van der Waals surface area contributed by atoms with Crippen molar-refractivity contribution in [2.45, 2.75) is 38.1 Å². The molecular formula is C21H26N2O. The third-order valence-corrected chi connectivity index (χ3v) is 4.78. The Balaban J connectivity index is 1.75. The van der Waals surface area contributed by atoms with Gasteiger partial charge in [-0.1, -0.05) is 61.5 Å². The minimum atomic E-state index is -0.441. The van der Waals surface area contributed by atoms with Crippen molar-refractivity contribution >= 4 is 5.91 Å². The van der Waals surface area contributed by atoms with Crippen LogP contribution in [0.5, 0.6) is 0 Å². The van der Waals surface area contributed by atoms with Gasteiger partial charge in [0.25, 0.3) is 0 Å².